The van der Waals surface area contributed by atoms with E-state index in [0.717, 1.165) is 6.54 Å². The van der Waals surface area contributed by atoms with E-state index >= 15 is 0 Å². The van der Waals surface area contributed by atoms with Crippen LogP contribution in [-0.2, 0) is 29.8 Å². The van der Waals surface area contributed by atoms with Gasteiger partial charge in [0.05, 0.1) is 13.2 Å². The van der Waals surface area contributed by atoms with Crippen LogP contribution in [0.4, 0.5) is 0 Å². The zero-order chi connectivity index (χ0) is 6.53. The van der Waals surface area contributed by atoms with E-state index in [9.17, 15) is 0 Å². The van der Waals surface area contributed by atoms with Crippen LogP contribution in [0.5, 0.6) is 0 Å². The molecule has 1 aromatic rings. The molecule has 0 aliphatic heterocycles. The first-order valence-electron chi connectivity index (χ1n) is 2.68. The normalized spacial score (nSPS) is 8.90. The number of hydrogen-bond acceptors (Lipinski definition) is 3. The van der Waals surface area contributed by atoms with E-state index in [2.05, 4.69) is 16.5 Å². The summed E-state index contributed by atoms with van der Waals surface area (Å²) in [5.41, 5.74) is 0. The SMILES string of the molecule is COCCn1c[c-]nn1.[V]. The second-order valence-corrected chi connectivity index (χ2v) is 1.60. The second-order valence-electron chi connectivity index (χ2n) is 1.60. The Balaban J connectivity index is 0.000000810. The maximum Gasteiger partial charge on any atom is 0.0658 e. The summed E-state index contributed by atoms with van der Waals surface area (Å²) in [4.78, 5) is 0. The van der Waals surface area contributed by atoms with Gasteiger partial charge < -0.3 is 16.0 Å². The number of nitrogens with zero attached hydrogens (tertiary/aromatic N) is 3. The number of methoxy groups -OCH3 is 1. The van der Waals surface area contributed by atoms with Crippen LogP contribution in [0.2, 0.25) is 0 Å². The van der Waals surface area contributed by atoms with Gasteiger partial charge in [0.15, 0.2) is 0 Å². The van der Waals surface area contributed by atoms with Crippen molar-refractivity contribution in [2.24, 2.45) is 0 Å². The molecule has 0 amide bonds. The van der Waals surface area contributed by atoms with Gasteiger partial charge in [-0.3, -0.25) is 4.68 Å². The quantitative estimate of drug-likeness (QED) is 0.596. The molecular weight excluding hydrogens is 169 g/mol. The molecule has 10 heavy (non-hydrogen) atoms. The minimum atomic E-state index is 0. The fourth-order valence-electron chi connectivity index (χ4n) is 0.496. The molecule has 0 atom stereocenters. The first kappa shape index (κ1) is 9.68. The number of rotatable bonds is 3. The predicted octanol–water partition coefficient (Wildman–Crippen LogP) is -0.278. The van der Waals surface area contributed by atoms with Gasteiger partial charge >= 0.3 is 0 Å². The minimum Gasteiger partial charge on any atom is -0.383 e. The Morgan fingerprint density at radius 2 is 2.50 bits per heavy atom. The van der Waals surface area contributed by atoms with Gasteiger partial charge in [-0.1, -0.05) is 0 Å². The largest absolute Gasteiger partial charge is 0.383 e. The van der Waals surface area contributed by atoms with Gasteiger partial charge in [0.25, 0.3) is 0 Å². The Morgan fingerprint density at radius 1 is 1.70 bits per heavy atom. The van der Waals surface area contributed by atoms with Gasteiger partial charge in [-0.05, 0) is 0 Å². The third kappa shape index (κ3) is 3.01. The van der Waals surface area contributed by atoms with Crippen molar-refractivity contribution >= 4 is 0 Å². The zero-order valence-corrected chi connectivity index (χ0v) is 7.09. The standard InChI is InChI=1S/C5H8N3O.V/c1-9-5-4-8-3-2-6-7-8;/h3H,4-5H2,1H3;/q-1;. The fourth-order valence-corrected chi connectivity index (χ4v) is 0.496. The number of aromatic nitrogens is 3. The first-order chi connectivity index (χ1) is 4.43. The summed E-state index contributed by atoms with van der Waals surface area (Å²) in [7, 11) is 1.65. The van der Waals surface area contributed by atoms with Crippen LogP contribution in [0.3, 0.4) is 0 Å². The molecule has 0 fully saturated rings. The number of ether oxygens (including phenoxy) is 1. The molecule has 1 radical (unpaired) electrons. The van der Waals surface area contributed by atoms with Crippen LogP contribution in [-0.4, -0.2) is 28.7 Å². The van der Waals surface area contributed by atoms with Crippen molar-refractivity contribution in [2.45, 2.75) is 6.54 Å². The first-order valence-corrected chi connectivity index (χ1v) is 2.68. The molecule has 1 rings (SSSR count). The van der Waals surface area contributed by atoms with Crippen molar-refractivity contribution in [2.75, 3.05) is 13.7 Å². The number of hydrogen-bond donors (Lipinski definition) is 0. The summed E-state index contributed by atoms with van der Waals surface area (Å²) in [6, 6.07) is 0. The van der Waals surface area contributed by atoms with Crippen molar-refractivity contribution in [3.05, 3.63) is 12.4 Å². The molecule has 0 aliphatic carbocycles. The molecule has 5 heteroatoms. The summed E-state index contributed by atoms with van der Waals surface area (Å²) < 4.78 is 6.48. The van der Waals surface area contributed by atoms with Crippen molar-refractivity contribution in [3.8, 4) is 0 Å². The van der Waals surface area contributed by atoms with Crippen LogP contribution < -0.4 is 0 Å². The molecule has 4 nitrogen and oxygen atoms in total. The van der Waals surface area contributed by atoms with E-state index in [0.29, 0.717) is 6.61 Å². The molecule has 55 valence electrons. The maximum atomic E-state index is 4.81. The third-order valence-corrected chi connectivity index (χ3v) is 0.949. The van der Waals surface area contributed by atoms with Gasteiger partial charge in [0, 0.05) is 25.7 Å². The molecule has 0 aromatic carbocycles. The topological polar surface area (TPSA) is 39.9 Å². The molecule has 0 bridgehead atoms. The summed E-state index contributed by atoms with van der Waals surface area (Å²) >= 11 is 0. The van der Waals surface area contributed by atoms with E-state index in [-0.39, 0.29) is 18.6 Å². The molecule has 0 aliphatic rings. The van der Waals surface area contributed by atoms with Crippen LogP contribution in [0.1, 0.15) is 0 Å². The van der Waals surface area contributed by atoms with Crippen LogP contribution in [0.15, 0.2) is 6.20 Å². The average molecular weight is 177 g/mol. The average Bonchev–Trinajstić information content (AvgIpc) is 2.34. The third-order valence-electron chi connectivity index (χ3n) is 0.949. The van der Waals surface area contributed by atoms with Crippen LogP contribution in [0, 0.1) is 6.20 Å². The van der Waals surface area contributed by atoms with Crippen LogP contribution >= 0.6 is 0 Å². The molecule has 0 unspecified atom stereocenters. The zero-order valence-electron chi connectivity index (χ0n) is 5.69. The van der Waals surface area contributed by atoms with Crippen molar-refractivity contribution in [1.82, 2.24) is 15.0 Å². The van der Waals surface area contributed by atoms with E-state index in [1.807, 2.05) is 0 Å². The summed E-state index contributed by atoms with van der Waals surface area (Å²) in [5, 5.41) is 7.19. The summed E-state index contributed by atoms with van der Waals surface area (Å²) in [6.45, 7) is 1.41. The molecule has 0 spiro atoms. The van der Waals surface area contributed by atoms with Crippen molar-refractivity contribution in [3.63, 3.8) is 0 Å². The van der Waals surface area contributed by atoms with Gasteiger partial charge in [0.2, 0.25) is 0 Å². The Bertz CT molecular complexity index is 154. The minimum absolute atomic E-state index is 0. The molecule has 0 N–H and O–H groups in total. The van der Waals surface area contributed by atoms with E-state index in [1.165, 1.54) is 0 Å². The Kier molecular flexibility index (Phi) is 5.30. The smallest absolute Gasteiger partial charge is 0.0658 e. The Morgan fingerprint density at radius 3 is 3.00 bits per heavy atom. The maximum absolute atomic E-state index is 4.81. The van der Waals surface area contributed by atoms with Crippen molar-refractivity contribution < 1.29 is 23.3 Å². The van der Waals surface area contributed by atoms with Gasteiger partial charge in [-0.15, -0.1) is 11.4 Å². The van der Waals surface area contributed by atoms with Gasteiger partial charge in [-0.2, -0.15) is 0 Å². The summed E-state index contributed by atoms with van der Waals surface area (Å²) in [5.74, 6) is 0. The van der Waals surface area contributed by atoms with Crippen molar-refractivity contribution in [1.29, 1.82) is 0 Å². The molecular formula is C5H8N3OV-. The second kappa shape index (κ2) is 5.47. The van der Waals surface area contributed by atoms with Crippen LogP contribution in [0.25, 0.3) is 0 Å². The van der Waals surface area contributed by atoms with Gasteiger partial charge in [-0.25, -0.2) is 0 Å². The fraction of sp³-hybridized carbons (Fsp3) is 0.600. The molecule has 1 heterocycles. The van der Waals surface area contributed by atoms with Gasteiger partial charge in [0.1, 0.15) is 0 Å². The molecule has 0 saturated carbocycles. The van der Waals surface area contributed by atoms with E-state index < -0.39 is 0 Å². The Labute approximate surface area is 71.4 Å². The molecule has 0 saturated heterocycles. The monoisotopic (exact) mass is 177 g/mol. The molecule has 1 aromatic heterocycles. The Hall–Kier alpha value is -0.316. The summed E-state index contributed by atoms with van der Waals surface area (Å²) in [6.07, 6.45) is 4.26. The van der Waals surface area contributed by atoms with E-state index in [1.54, 1.807) is 18.0 Å². The van der Waals surface area contributed by atoms with E-state index in [4.69, 9.17) is 4.74 Å². The predicted molar refractivity (Wildman–Crippen MR) is 30.7 cm³/mol.